The molecule has 0 bridgehead atoms. The van der Waals surface area contributed by atoms with Crippen molar-refractivity contribution in [2.45, 2.75) is 39.0 Å². The van der Waals surface area contributed by atoms with Crippen LogP contribution < -0.4 is 0 Å². The van der Waals surface area contributed by atoms with Crippen LogP contribution in [0.15, 0.2) is 24.3 Å². The molecular weight excluding hydrogens is 264 g/mol. The number of aryl methyl sites for hydroxylation is 1. The molecule has 0 aliphatic carbocycles. The van der Waals surface area contributed by atoms with Crippen molar-refractivity contribution in [2.75, 3.05) is 26.2 Å². The summed E-state index contributed by atoms with van der Waals surface area (Å²) in [4.78, 5) is 16.3. The van der Waals surface area contributed by atoms with E-state index in [1.54, 1.807) is 6.92 Å². The largest absolute Gasteiger partial charge is 0.374 e. The van der Waals surface area contributed by atoms with Crippen LogP contribution in [-0.4, -0.2) is 54.1 Å². The Balaban J connectivity index is 1.69. The highest BCUT2D eigenvalue weighted by atomic mass is 16.5. The zero-order valence-corrected chi connectivity index (χ0v) is 12.9. The molecule has 2 aliphatic heterocycles. The minimum Gasteiger partial charge on any atom is -0.374 e. The van der Waals surface area contributed by atoms with E-state index in [1.165, 1.54) is 11.1 Å². The van der Waals surface area contributed by atoms with Gasteiger partial charge in [-0.2, -0.15) is 0 Å². The minimum atomic E-state index is 0.172. The lowest BCUT2D eigenvalue weighted by atomic mass is 9.97. The van der Waals surface area contributed by atoms with E-state index in [4.69, 9.17) is 4.74 Å². The van der Waals surface area contributed by atoms with Crippen LogP contribution >= 0.6 is 0 Å². The maximum atomic E-state index is 11.8. The average molecular weight is 288 g/mol. The molecule has 4 heteroatoms. The van der Waals surface area contributed by atoms with E-state index in [2.05, 4.69) is 36.1 Å². The van der Waals surface area contributed by atoms with Crippen molar-refractivity contribution in [3.8, 4) is 0 Å². The highest BCUT2D eigenvalue weighted by Crippen LogP contribution is 2.24. The molecule has 4 nitrogen and oxygen atoms in total. The van der Waals surface area contributed by atoms with Gasteiger partial charge in [0.05, 0.1) is 18.8 Å². The fourth-order valence-corrected chi connectivity index (χ4v) is 3.50. The number of amides is 1. The van der Waals surface area contributed by atoms with Gasteiger partial charge in [0.1, 0.15) is 0 Å². The van der Waals surface area contributed by atoms with Gasteiger partial charge in [-0.3, -0.25) is 9.69 Å². The van der Waals surface area contributed by atoms with Crippen molar-refractivity contribution < 1.29 is 9.53 Å². The molecule has 0 spiro atoms. The Labute approximate surface area is 126 Å². The second-order valence-corrected chi connectivity index (χ2v) is 6.14. The number of piperidine rings is 1. The summed E-state index contributed by atoms with van der Waals surface area (Å²) >= 11 is 0. The van der Waals surface area contributed by atoms with Crippen molar-refractivity contribution in [1.29, 1.82) is 0 Å². The summed E-state index contributed by atoms with van der Waals surface area (Å²) in [6, 6.07) is 8.75. The van der Waals surface area contributed by atoms with E-state index in [0.717, 1.165) is 32.6 Å². The van der Waals surface area contributed by atoms with Crippen LogP contribution in [0.2, 0.25) is 0 Å². The number of carbonyl (C=O) groups is 1. The van der Waals surface area contributed by atoms with Crippen molar-refractivity contribution in [3.63, 3.8) is 0 Å². The lowest BCUT2D eigenvalue weighted by Gasteiger charge is -2.46. The van der Waals surface area contributed by atoms with Gasteiger partial charge in [0.15, 0.2) is 0 Å². The van der Waals surface area contributed by atoms with E-state index in [0.29, 0.717) is 6.61 Å². The third-order valence-corrected chi connectivity index (χ3v) is 4.73. The summed E-state index contributed by atoms with van der Waals surface area (Å²) < 4.78 is 5.86. The summed E-state index contributed by atoms with van der Waals surface area (Å²) in [6.45, 7) is 8.16. The Morgan fingerprint density at radius 2 is 2.14 bits per heavy atom. The predicted molar refractivity (Wildman–Crippen MR) is 82.0 cm³/mol. The number of nitrogens with zero attached hydrogens (tertiary/aromatic N) is 2. The van der Waals surface area contributed by atoms with E-state index < -0.39 is 0 Å². The second kappa shape index (κ2) is 6.16. The van der Waals surface area contributed by atoms with Crippen LogP contribution in [0, 0.1) is 6.92 Å². The van der Waals surface area contributed by atoms with Crippen molar-refractivity contribution in [1.82, 2.24) is 9.80 Å². The highest BCUT2D eigenvalue weighted by molar-refractivity contribution is 5.73. The molecule has 2 saturated heterocycles. The topological polar surface area (TPSA) is 32.8 Å². The molecule has 1 aromatic carbocycles. The number of hydrogen-bond donors (Lipinski definition) is 0. The fourth-order valence-electron chi connectivity index (χ4n) is 3.50. The monoisotopic (exact) mass is 288 g/mol. The molecule has 1 amide bonds. The van der Waals surface area contributed by atoms with E-state index in [9.17, 15) is 4.79 Å². The first-order valence-electron chi connectivity index (χ1n) is 7.81. The first-order valence-corrected chi connectivity index (χ1v) is 7.81. The van der Waals surface area contributed by atoms with Gasteiger partial charge in [-0.25, -0.2) is 0 Å². The highest BCUT2D eigenvalue weighted by Gasteiger charge is 2.38. The molecule has 0 N–H and O–H groups in total. The Kier molecular flexibility index (Phi) is 4.27. The lowest BCUT2D eigenvalue weighted by molar-refractivity contribution is -0.150. The number of carbonyl (C=O) groups excluding carboxylic acids is 1. The van der Waals surface area contributed by atoms with Crippen LogP contribution in [0.1, 0.15) is 24.5 Å². The molecule has 3 rings (SSSR count). The van der Waals surface area contributed by atoms with Gasteiger partial charge in [-0.05, 0) is 24.5 Å². The molecule has 2 atom stereocenters. The molecule has 2 heterocycles. The van der Waals surface area contributed by atoms with Crippen LogP contribution in [0.4, 0.5) is 0 Å². The molecule has 0 saturated carbocycles. The molecule has 0 unspecified atom stereocenters. The van der Waals surface area contributed by atoms with Crippen molar-refractivity contribution in [2.24, 2.45) is 0 Å². The molecule has 0 aromatic heterocycles. The van der Waals surface area contributed by atoms with Gasteiger partial charge >= 0.3 is 0 Å². The summed E-state index contributed by atoms with van der Waals surface area (Å²) in [5.74, 6) is 0.172. The molecular formula is C17H24N2O2. The zero-order chi connectivity index (χ0) is 14.8. The summed E-state index contributed by atoms with van der Waals surface area (Å²) in [6.07, 6.45) is 1.23. The Hall–Kier alpha value is -1.39. The molecule has 114 valence electrons. The van der Waals surface area contributed by atoms with Gasteiger partial charge in [-0.15, -0.1) is 0 Å². The van der Waals surface area contributed by atoms with Gasteiger partial charge in [0, 0.05) is 33.1 Å². The quantitative estimate of drug-likeness (QED) is 0.832. The summed E-state index contributed by atoms with van der Waals surface area (Å²) in [7, 11) is 0. The summed E-state index contributed by atoms with van der Waals surface area (Å²) in [5.41, 5.74) is 2.71. The maximum absolute atomic E-state index is 11.8. The molecule has 2 aliphatic rings. The predicted octanol–water partition coefficient (Wildman–Crippen LogP) is 1.82. The van der Waals surface area contributed by atoms with E-state index in [-0.39, 0.29) is 18.1 Å². The third-order valence-electron chi connectivity index (χ3n) is 4.73. The van der Waals surface area contributed by atoms with Crippen molar-refractivity contribution in [3.05, 3.63) is 35.4 Å². The van der Waals surface area contributed by atoms with Crippen molar-refractivity contribution >= 4 is 5.91 Å². The van der Waals surface area contributed by atoms with Crippen LogP contribution in [0.3, 0.4) is 0 Å². The number of hydrogen-bond acceptors (Lipinski definition) is 3. The molecule has 1 aromatic rings. The molecule has 21 heavy (non-hydrogen) atoms. The Morgan fingerprint density at radius 1 is 1.33 bits per heavy atom. The Bertz CT molecular complexity index is 517. The standard InChI is InChI=1S/C17H24N2O2/c1-13-5-3-4-6-15(13)11-18-8-7-17-16(12-18)19(14(2)20)9-10-21-17/h3-6,16-17H,7-12H2,1-2H3/t16-,17-/m1/s1. The second-order valence-electron chi connectivity index (χ2n) is 6.14. The van der Waals surface area contributed by atoms with E-state index in [1.807, 2.05) is 4.90 Å². The van der Waals surface area contributed by atoms with Crippen LogP contribution in [-0.2, 0) is 16.1 Å². The number of fused-ring (bicyclic) bond motifs is 1. The van der Waals surface area contributed by atoms with Gasteiger partial charge < -0.3 is 9.64 Å². The van der Waals surface area contributed by atoms with Crippen LogP contribution in [0.25, 0.3) is 0 Å². The van der Waals surface area contributed by atoms with E-state index >= 15 is 0 Å². The minimum absolute atomic E-state index is 0.172. The van der Waals surface area contributed by atoms with Gasteiger partial charge in [0.2, 0.25) is 5.91 Å². The molecule has 2 fully saturated rings. The SMILES string of the molecule is CC(=O)N1CCO[C@@H]2CCN(Cc3ccccc3C)C[C@H]21. The fraction of sp³-hybridized carbons (Fsp3) is 0.588. The zero-order valence-electron chi connectivity index (χ0n) is 12.9. The lowest BCUT2D eigenvalue weighted by Crippen LogP contribution is -2.60. The summed E-state index contributed by atoms with van der Waals surface area (Å²) in [5, 5.41) is 0. The average Bonchev–Trinajstić information content (AvgIpc) is 2.49. The van der Waals surface area contributed by atoms with Crippen LogP contribution in [0.5, 0.6) is 0 Å². The number of likely N-dealkylation sites (tertiary alicyclic amines) is 1. The normalized spacial score (nSPS) is 26.5. The Morgan fingerprint density at radius 3 is 2.90 bits per heavy atom. The first-order chi connectivity index (χ1) is 10.1. The number of morpholine rings is 1. The molecule has 0 radical (unpaired) electrons. The van der Waals surface area contributed by atoms with Gasteiger partial charge in [-0.1, -0.05) is 24.3 Å². The first kappa shape index (κ1) is 14.5. The van der Waals surface area contributed by atoms with Gasteiger partial charge in [0.25, 0.3) is 0 Å². The number of rotatable bonds is 2. The smallest absolute Gasteiger partial charge is 0.219 e. The number of ether oxygens (including phenoxy) is 1. The third kappa shape index (κ3) is 3.11. The number of benzene rings is 1. The maximum Gasteiger partial charge on any atom is 0.219 e.